The lowest BCUT2D eigenvalue weighted by molar-refractivity contribution is 0.0892. The van der Waals surface area contributed by atoms with Crippen LogP contribution in [0.3, 0.4) is 0 Å². The van der Waals surface area contributed by atoms with Crippen LogP contribution in [0, 0.1) is 5.41 Å². The van der Waals surface area contributed by atoms with Crippen molar-refractivity contribution in [1.82, 2.24) is 35.1 Å². The van der Waals surface area contributed by atoms with Gasteiger partial charge in [0.1, 0.15) is 0 Å². The summed E-state index contributed by atoms with van der Waals surface area (Å²) in [6.45, 7) is 6.99. The van der Waals surface area contributed by atoms with Gasteiger partial charge in [0.05, 0.1) is 19.4 Å². The van der Waals surface area contributed by atoms with Gasteiger partial charge in [-0.1, -0.05) is 32.9 Å². The van der Waals surface area contributed by atoms with E-state index < -0.39 is 0 Å². The second kappa shape index (κ2) is 7.07. The maximum absolute atomic E-state index is 12.7. The monoisotopic (exact) mass is 353 g/mol. The third-order valence-corrected chi connectivity index (χ3v) is 4.22. The Morgan fingerprint density at radius 2 is 1.96 bits per heavy atom. The predicted octanol–water partition coefficient (Wildman–Crippen LogP) is 1.92. The van der Waals surface area contributed by atoms with Crippen molar-refractivity contribution in [3.05, 3.63) is 48.5 Å². The molecule has 0 aliphatic rings. The molecule has 1 aromatic carbocycles. The van der Waals surface area contributed by atoms with Crippen LogP contribution in [0.4, 0.5) is 0 Å². The normalized spacial score (nSPS) is 12.8. The molecule has 1 N–H and O–H groups in total. The van der Waals surface area contributed by atoms with Gasteiger partial charge in [0, 0.05) is 30.1 Å². The molecule has 26 heavy (non-hydrogen) atoms. The molecule has 8 heteroatoms. The first kappa shape index (κ1) is 17.8. The summed E-state index contributed by atoms with van der Waals surface area (Å²) < 4.78 is 1.97. The van der Waals surface area contributed by atoms with Crippen molar-refractivity contribution in [2.24, 2.45) is 12.5 Å². The average Bonchev–Trinajstić information content (AvgIpc) is 3.25. The van der Waals surface area contributed by atoms with E-state index in [0.717, 1.165) is 5.56 Å². The summed E-state index contributed by atoms with van der Waals surface area (Å²) in [6.07, 6.45) is 5.39. The van der Waals surface area contributed by atoms with Crippen molar-refractivity contribution < 1.29 is 4.79 Å². The van der Waals surface area contributed by atoms with E-state index in [1.807, 2.05) is 22.9 Å². The maximum Gasteiger partial charge on any atom is 0.251 e. The quantitative estimate of drug-likeness (QED) is 0.757. The van der Waals surface area contributed by atoms with E-state index >= 15 is 0 Å². The predicted molar refractivity (Wildman–Crippen MR) is 97.2 cm³/mol. The first-order valence-corrected chi connectivity index (χ1v) is 8.44. The number of hydrogen-bond acceptors (Lipinski definition) is 5. The molecule has 3 aromatic rings. The zero-order valence-corrected chi connectivity index (χ0v) is 15.4. The van der Waals surface area contributed by atoms with Crippen molar-refractivity contribution >= 4 is 5.91 Å². The number of rotatable bonds is 5. The van der Waals surface area contributed by atoms with E-state index in [-0.39, 0.29) is 17.4 Å². The number of tetrazole rings is 1. The van der Waals surface area contributed by atoms with Gasteiger partial charge in [0.25, 0.3) is 5.91 Å². The van der Waals surface area contributed by atoms with Gasteiger partial charge in [0.15, 0.2) is 0 Å². The van der Waals surface area contributed by atoms with E-state index in [1.54, 1.807) is 31.7 Å². The lowest BCUT2D eigenvalue weighted by atomic mass is 9.86. The van der Waals surface area contributed by atoms with Crippen LogP contribution in [0.1, 0.15) is 31.1 Å². The summed E-state index contributed by atoms with van der Waals surface area (Å²) >= 11 is 0. The number of amides is 1. The molecule has 0 saturated carbocycles. The second-order valence-electron chi connectivity index (χ2n) is 7.33. The first-order valence-electron chi connectivity index (χ1n) is 8.44. The molecule has 2 heterocycles. The lowest BCUT2D eigenvalue weighted by Gasteiger charge is -2.31. The smallest absolute Gasteiger partial charge is 0.251 e. The summed E-state index contributed by atoms with van der Waals surface area (Å²) in [5.74, 6) is 0.427. The van der Waals surface area contributed by atoms with Crippen LogP contribution in [0.15, 0.2) is 43.0 Å². The SMILES string of the molecule is Cn1nnc(-c2ccc(C(=O)NC(Cn3ccnc3)C(C)(C)C)cc2)n1. The molecule has 136 valence electrons. The minimum Gasteiger partial charge on any atom is -0.347 e. The molecule has 0 fully saturated rings. The number of carbonyl (C=O) groups is 1. The number of aromatic nitrogens is 6. The highest BCUT2D eigenvalue weighted by Crippen LogP contribution is 2.22. The molecule has 1 atom stereocenters. The van der Waals surface area contributed by atoms with Crippen LogP contribution in [-0.4, -0.2) is 41.7 Å². The van der Waals surface area contributed by atoms with Crippen molar-refractivity contribution in [3.8, 4) is 11.4 Å². The Kier molecular flexibility index (Phi) is 4.83. The van der Waals surface area contributed by atoms with Crippen LogP contribution >= 0.6 is 0 Å². The summed E-state index contributed by atoms with van der Waals surface area (Å²) in [4.78, 5) is 18.2. The van der Waals surface area contributed by atoms with E-state index in [2.05, 4.69) is 46.5 Å². The van der Waals surface area contributed by atoms with Gasteiger partial charge in [-0.2, -0.15) is 4.80 Å². The van der Waals surface area contributed by atoms with Crippen LogP contribution in [-0.2, 0) is 13.6 Å². The fourth-order valence-electron chi connectivity index (χ4n) is 2.55. The first-order chi connectivity index (χ1) is 12.3. The van der Waals surface area contributed by atoms with Gasteiger partial charge < -0.3 is 9.88 Å². The van der Waals surface area contributed by atoms with E-state index in [4.69, 9.17) is 0 Å². The Balaban J connectivity index is 1.72. The van der Waals surface area contributed by atoms with E-state index in [1.165, 1.54) is 4.80 Å². The Morgan fingerprint density at radius 1 is 1.23 bits per heavy atom. The third-order valence-electron chi connectivity index (χ3n) is 4.22. The Hall–Kier alpha value is -3.03. The third kappa shape index (κ3) is 4.14. The molecule has 1 amide bonds. The number of nitrogens with one attached hydrogen (secondary N) is 1. The lowest BCUT2D eigenvalue weighted by Crippen LogP contribution is -2.46. The number of aryl methyl sites for hydroxylation is 1. The molecule has 8 nitrogen and oxygen atoms in total. The molecule has 0 saturated heterocycles. The van der Waals surface area contributed by atoms with Gasteiger partial charge in [-0.05, 0) is 22.8 Å². The van der Waals surface area contributed by atoms with Crippen molar-refractivity contribution in [3.63, 3.8) is 0 Å². The minimum atomic E-state index is -0.108. The van der Waals surface area contributed by atoms with Crippen LogP contribution in [0.5, 0.6) is 0 Å². The molecule has 0 radical (unpaired) electrons. The standard InChI is InChI=1S/C18H23N7O/c1-18(2,3)15(11-25-10-9-19-12-25)20-17(26)14-7-5-13(6-8-14)16-21-23-24(4)22-16/h5-10,12,15H,11H2,1-4H3,(H,20,26). The molecule has 0 aliphatic carbocycles. The second-order valence-corrected chi connectivity index (χ2v) is 7.33. The number of nitrogens with zero attached hydrogens (tertiary/aromatic N) is 6. The minimum absolute atomic E-state index is 0.0365. The number of carbonyl (C=O) groups excluding carboxylic acids is 1. The molecule has 0 bridgehead atoms. The van der Waals surface area contributed by atoms with Crippen LogP contribution in [0.2, 0.25) is 0 Å². The fourth-order valence-corrected chi connectivity index (χ4v) is 2.55. The fraction of sp³-hybridized carbons (Fsp3) is 0.389. The van der Waals surface area contributed by atoms with Gasteiger partial charge >= 0.3 is 0 Å². The molecule has 0 aliphatic heterocycles. The van der Waals surface area contributed by atoms with Crippen molar-refractivity contribution in [2.45, 2.75) is 33.4 Å². The van der Waals surface area contributed by atoms with Crippen LogP contribution < -0.4 is 5.32 Å². The van der Waals surface area contributed by atoms with Crippen LogP contribution in [0.25, 0.3) is 11.4 Å². The van der Waals surface area contributed by atoms with Gasteiger partial charge in [0.2, 0.25) is 5.82 Å². The summed E-state index contributed by atoms with van der Waals surface area (Å²) in [5.41, 5.74) is 1.32. The van der Waals surface area contributed by atoms with Crippen molar-refractivity contribution in [2.75, 3.05) is 0 Å². The maximum atomic E-state index is 12.7. The average molecular weight is 353 g/mol. The van der Waals surface area contributed by atoms with Gasteiger partial charge in [-0.15, -0.1) is 10.2 Å². The zero-order valence-electron chi connectivity index (χ0n) is 15.4. The summed E-state index contributed by atoms with van der Waals surface area (Å²) in [5, 5.41) is 15.1. The number of benzene rings is 1. The molecule has 1 unspecified atom stereocenters. The summed E-state index contributed by atoms with van der Waals surface area (Å²) in [6, 6.07) is 7.17. The molecule has 0 spiro atoms. The molecule has 3 rings (SSSR count). The van der Waals surface area contributed by atoms with E-state index in [9.17, 15) is 4.79 Å². The number of hydrogen-bond donors (Lipinski definition) is 1. The topological polar surface area (TPSA) is 90.5 Å². The zero-order chi connectivity index (χ0) is 18.7. The number of imidazole rings is 1. The Bertz CT molecular complexity index is 860. The largest absolute Gasteiger partial charge is 0.347 e. The Labute approximate surface area is 152 Å². The van der Waals surface area contributed by atoms with Gasteiger partial charge in [-0.25, -0.2) is 4.98 Å². The van der Waals surface area contributed by atoms with Gasteiger partial charge in [-0.3, -0.25) is 4.79 Å². The highest BCUT2D eigenvalue weighted by atomic mass is 16.1. The summed E-state index contributed by atoms with van der Waals surface area (Å²) in [7, 11) is 1.71. The van der Waals surface area contributed by atoms with E-state index in [0.29, 0.717) is 17.9 Å². The highest BCUT2D eigenvalue weighted by molar-refractivity contribution is 5.94. The highest BCUT2D eigenvalue weighted by Gasteiger charge is 2.27. The van der Waals surface area contributed by atoms with Crippen molar-refractivity contribution in [1.29, 1.82) is 0 Å². The molecular weight excluding hydrogens is 330 g/mol. The Morgan fingerprint density at radius 3 is 2.50 bits per heavy atom. The molecular formula is C18H23N7O. The molecule has 2 aromatic heterocycles.